The van der Waals surface area contributed by atoms with Crippen molar-refractivity contribution < 1.29 is 19.1 Å². The fraction of sp³-hybridized carbons (Fsp3) is 0.417. The van der Waals surface area contributed by atoms with Crippen molar-refractivity contribution in [3.8, 4) is 0 Å². The summed E-state index contributed by atoms with van der Waals surface area (Å²) < 4.78 is 10.5. The first kappa shape index (κ1) is 22.5. The number of rotatable bonds is 11. The van der Waals surface area contributed by atoms with E-state index < -0.39 is 17.9 Å². The molecule has 0 amide bonds. The smallest absolute Gasteiger partial charge is 0.320 e. The van der Waals surface area contributed by atoms with Gasteiger partial charge in [0.15, 0.2) is 5.92 Å². The maximum absolute atomic E-state index is 12.7. The van der Waals surface area contributed by atoms with Gasteiger partial charge in [0.05, 0.1) is 13.2 Å². The topological polar surface area (TPSA) is 55.8 Å². The third-order valence-electron chi connectivity index (χ3n) is 4.76. The Morgan fingerprint density at radius 1 is 0.793 bits per heavy atom. The van der Waals surface area contributed by atoms with E-state index in [9.17, 15) is 9.59 Å². The second-order valence-electron chi connectivity index (χ2n) is 6.81. The number of para-hydroxylation sites is 2. The zero-order valence-corrected chi connectivity index (χ0v) is 17.5. The first-order valence-corrected chi connectivity index (χ1v) is 10.3. The Hall–Kier alpha value is -2.82. The molecule has 2 aromatic rings. The Kier molecular flexibility index (Phi) is 9.22. The minimum absolute atomic E-state index is 0.231. The summed E-state index contributed by atoms with van der Waals surface area (Å²) in [6.45, 7) is 6.51. The summed E-state index contributed by atoms with van der Waals surface area (Å²) in [6, 6.07) is 20.0. The molecule has 2 aromatic carbocycles. The second-order valence-corrected chi connectivity index (χ2v) is 6.81. The molecule has 5 heteroatoms. The Balaban J connectivity index is 2.41. The molecule has 1 atom stereocenters. The number of hydrogen-bond donors (Lipinski definition) is 0. The van der Waals surface area contributed by atoms with Crippen molar-refractivity contribution in [2.45, 2.75) is 33.6 Å². The van der Waals surface area contributed by atoms with E-state index in [1.165, 1.54) is 0 Å². The SMILES string of the molecule is CCCC(CN(c1ccccc1)c1ccccc1)C(C(=O)OCC)C(=O)OCC. The molecule has 29 heavy (non-hydrogen) atoms. The van der Waals surface area contributed by atoms with E-state index in [1.807, 2.05) is 60.7 Å². The van der Waals surface area contributed by atoms with Crippen LogP contribution in [0.1, 0.15) is 33.6 Å². The summed E-state index contributed by atoms with van der Waals surface area (Å²) >= 11 is 0. The van der Waals surface area contributed by atoms with E-state index in [0.29, 0.717) is 13.0 Å². The van der Waals surface area contributed by atoms with E-state index in [4.69, 9.17) is 9.47 Å². The average molecular weight is 398 g/mol. The molecule has 1 unspecified atom stereocenters. The maximum Gasteiger partial charge on any atom is 0.320 e. The van der Waals surface area contributed by atoms with Crippen LogP contribution in [0.25, 0.3) is 0 Å². The monoisotopic (exact) mass is 397 g/mol. The zero-order valence-electron chi connectivity index (χ0n) is 17.5. The summed E-state index contributed by atoms with van der Waals surface area (Å²) in [4.78, 5) is 27.5. The summed E-state index contributed by atoms with van der Waals surface area (Å²) in [7, 11) is 0. The van der Waals surface area contributed by atoms with Crippen LogP contribution < -0.4 is 4.90 Å². The number of ether oxygens (including phenoxy) is 2. The molecule has 0 saturated carbocycles. The van der Waals surface area contributed by atoms with Gasteiger partial charge in [0.25, 0.3) is 0 Å². The third-order valence-corrected chi connectivity index (χ3v) is 4.76. The van der Waals surface area contributed by atoms with E-state index in [-0.39, 0.29) is 19.1 Å². The van der Waals surface area contributed by atoms with E-state index >= 15 is 0 Å². The molecule has 0 aromatic heterocycles. The van der Waals surface area contributed by atoms with Crippen LogP contribution in [-0.4, -0.2) is 31.7 Å². The number of benzene rings is 2. The van der Waals surface area contributed by atoms with Gasteiger partial charge in [-0.2, -0.15) is 0 Å². The van der Waals surface area contributed by atoms with Crippen LogP contribution in [0, 0.1) is 11.8 Å². The highest BCUT2D eigenvalue weighted by Gasteiger charge is 2.38. The summed E-state index contributed by atoms with van der Waals surface area (Å²) in [5.74, 6) is -2.20. The Labute approximate surface area is 173 Å². The first-order chi connectivity index (χ1) is 14.1. The van der Waals surface area contributed by atoms with Crippen LogP contribution in [0.5, 0.6) is 0 Å². The predicted molar refractivity (Wildman–Crippen MR) is 115 cm³/mol. The highest BCUT2D eigenvalue weighted by atomic mass is 16.6. The minimum atomic E-state index is -0.940. The molecule has 0 bridgehead atoms. The van der Waals surface area contributed by atoms with Crippen LogP contribution in [0.2, 0.25) is 0 Å². The van der Waals surface area contributed by atoms with Crippen molar-refractivity contribution in [1.82, 2.24) is 0 Å². The van der Waals surface area contributed by atoms with Gasteiger partial charge in [0.2, 0.25) is 0 Å². The number of nitrogens with zero attached hydrogens (tertiary/aromatic N) is 1. The van der Waals surface area contributed by atoms with Gasteiger partial charge in [-0.25, -0.2) is 0 Å². The van der Waals surface area contributed by atoms with Gasteiger partial charge in [-0.1, -0.05) is 49.7 Å². The summed E-state index contributed by atoms with van der Waals surface area (Å²) in [5, 5.41) is 0. The molecular formula is C24H31NO4. The molecule has 0 fully saturated rings. The van der Waals surface area contributed by atoms with Crippen LogP contribution in [-0.2, 0) is 19.1 Å². The lowest BCUT2D eigenvalue weighted by molar-refractivity contribution is -0.164. The van der Waals surface area contributed by atoms with Gasteiger partial charge in [0, 0.05) is 23.8 Å². The number of esters is 2. The molecule has 0 aliphatic rings. The van der Waals surface area contributed by atoms with E-state index in [0.717, 1.165) is 17.8 Å². The molecule has 5 nitrogen and oxygen atoms in total. The summed E-state index contributed by atoms with van der Waals surface area (Å²) in [6.07, 6.45) is 1.55. The minimum Gasteiger partial charge on any atom is -0.465 e. The van der Waals surface area contributed by atoms with Gasteiger partial charge >= 0.3 is 11.9 Å². The largest absolute Gasteiger partial charge is 0.465 e. The predicted octanol–water partition coefficient (Wildman–Crippen LogP) is 4.98. The van der Waals surface area contributed by atoms with Crippen molar-refractivity contribution in [1.29, 1.82) is 0 Å². The van der Waals surface area contributed by atoms with Crippen LogP contribution in [0.4, 0.5) is 11.4 Å². The first-order valence-electron chi connectivity index (χ1n) is 10.3. The van der Waals surface area contributed by atoms with Gasteiger partial charge in [-0.05, 0) is 44.5 Å². The highest BCUT2D eigenvalue weighted by molar-refractivity contribution is 5.95. The number of anilines is 2. The lowest BCUT2D eigenvalue weighted by Crippen LogP contribution is -2.40. The average Bonchev–Trinajstić information content (AvgIpc) is 2.74. The molecule has 0 aliphatic carbocycles. The lowest BCUT2D eigenvalue weighted by Gasteiger charge is -2.32. The van der Waals surface area contributed by atoms with Gasteiger partial charge in [-0.3, -0.25) is 9.59 Å². The second kappa shape index (κ2) is 11.9. The van der Waals surface area contributed by atoms with Crippen LogP contribution >= 0.6 is 0 Å². The molecular weight excluding hydrogens is 366 g/mol. The van der Waals surface area contributed by atoms with Crippen molar-refractivity contribution in [2.75, 3.05) is 24.7 Å². The molecule has 0 radical (unpaired) electrons. The quantitative estimate of drug-likeness (QED) is 0.395. The normalized spacial score (nSPS) is 11.7. The van der Waals surface area contributed by atoms with Gasteiger partial charge in [0.1, 0.15) is 0 Å². The summed E-state index contributed by atoms with van der Waals surface area (Å²) in [5.41, 5.74) is 2.01. The molecule has 0 heterocycles. The number of hydrogen-bond acceptors (Lipinski definition) is 5. The van der Waals surface area contributed by atoms with Crippen molar-refractivity contribution in [3.05, 3.63) is 60.7 Å². The molecule has 0 N–H and O–H groups in total. The van der Waals surface area contributed by atoms with E-state index in [2.05, 4.69) is 11.8 Å². The lowest BCUT2D eigenvalue weighted by atomic mass is 9.87. The third kappa shape index (κ3) is 6.34. The Morgan fingerprint density at radius 3 is 1.62 bits per heavy atom. The molecule has 2 rings (SSSR count). The van der Waals surface area contributed by atoms with Gasteiger partial charge in [-0.15, -0.1) is 0 Å². The molecule has 0 saturated heterocycles. The van der Waals surface area contributed by atoms with Gasteiger partial charge < -0.3 is 14.4 Å². The Bertz CT molecular complexity index is 690. The molecule has 0 spiro atoms. The van der Waals surface area contributed by atoms with Crippen molar-refractivity contribution >= 4 is 23.3 Å². The van der Waals surface area contributed by atoms with E-state index in [1.54, 1.807) is 13.8 Å². The van der Waals surface area contributed by atoms with Crippen molar-refractivity contribution in [3.63, 3.8) is 0 Å². The maximum atomic E-state index is 12.7. The standard InChI is InChI=1S/C24H31NO4/c1-4-13-19(22(23(26)28-5-2)24(27)29-6-3)18-25(20-14-9-7-10-15-20)21-16-11-8-12-17-21/h7-12,14-17,19,22H,4-6,13,18H2,1-3H3. The molecule has 0 aliphatic heterocycles. The highest BCUT2D eigenvalue weighted by Crippen LogP contribution is 2.30. The van der Waals surface area contributed by atoms with Crippen molar-refractivity contribution in [2.24, 2.45) is 11.8 Å². The fourth-order valence-electron chi connectivity index (χ4n) is 3.49. The Morgan fingerprint density at radius 2 is 1.24 bits per heavy atom. The van der Waals surface area contributed by atoms with Crippen LogP contribution in [0.3, 0.4) is 0 Å². The number of carbonyl (C=O) groups is 2. The van der Waals surface area contributed by atoms with Crippen LogP contribution in [0.15, 0.2) is 60.7 Å². The fourth-order valence-corrected chi connectivity index (χ4v) is 3.49. The molecule has 156 valence electrons. The zero-order chi connectivity index (χ0) is 21.1. The number of carbonyl (C=O) groups excluding carboxylic acids is 2.